The van der Waals surface area contributed by atoms with Crippen LogP contribution in [0.25, 0.3) is 0 Å². The first-order valence-corrected chi connectivity index (χ1v) is 9.38. The zero-order valence-corrected chi connectivity index (χ0v) is 12.3. The van der Waals surface area contributed by atoms with Gasteiger partial charge in [-0.3, -0.25) is 0 Å². The monoisotopic (exact) mass is 289 g/mol. The van der Waals surface area contributed by atoms with Gasteiger partial charge < -0.3 is 9.84 Å². The SMILES string of the molecule is CC(Oc1cc(C(F)F)c(C(=O)O)cn1)[Si](C)(C)C. The average Bonchev–Trinajstić information content (AvgIpc) is 2.27. The Morgan fingerprint density at radius 3 is 2.42 bits per heavy atom. The molecule has 19 heavy (non-hydrogen) atoms. The zero-order chi connectivity index (χ0) is 14.8. The Bertz CT molecular complexity index is 475. The minimum atomic E-state index is -2.88. The summed E-state index contributed by atoms with van der Waals surface area (Å²) in [5.74, 6) is -1.39. The zero-order valence-electron chi connectivity index (χ0n) is 11.3. The number of aromatic nitrogens is 1. The predicted molar refractivity (Wildman–Crippen MR) is 69.6 cm³/mol. The normalized spacial score (nSPS) is 13.4. The maximum absolute atomic E-state index is 12.8. The Kier molecular flexibility index (Phi) is 4.62. The van der Waals surface area contributed by atoms with Gasteiger partial charge in [0.05, 0.1) is 19.4 Å². The molecule has 0 aliphatic carbocycles. The molecule has 0 saturated carbocycles. The lowest BCUT2D eigenvalue weighted by atomic mass is 10.1. The fourth-order valence-electron chi connectivity index (χ4n) is 1.23. The molecule has 1 atom stereocenters. The third-order valence-electron chi connectivity index (χ3n) is 2.89. The number of ether oxygens (including phenoxy) is 1. The lowest BCUT2D eigenvalue weighted by molar-refractivity contribution is 0.0683. The van der Waals surface area contributed by atoms with E-state index >= 15 is 0 Å². The van der Waals surface area contributed by atoms with Crippen LogP contribution in [0, 0.1) is 0 Å². The standard InChI is InChI=1S/C12H17F2NO3Si/c1-7(19(2,3)4)18-10-5-8(11(13)14)9(6-15-10)12(16)17/h5-7,11H,1-4H3,(H,16,17). The smallest absolute Gasteiger partial charge is 0.337 e. The highest BCUT2D eigenvalue weighted by Crippen LogP contribution is 2.26. The van der Waals surface area contributed by atoms with Gasteiger partial charge in [-0.15, -0.1) is 0 Å². The molecular weight excluding hydrogens is 272 g/mol. The highest BCUT2D eigenvalue weighted by atomic mass is 28.3. The molecule has 1 N–H and O–H groups in total. The topological polar surface area (TPSA) is 59.4 Å². The van der Waals surface area contributed by atoms with Crippen LogP contribution in [0.15, 0.2) is 12.3 Å². The van der Waals surface area contributed by atoms with E-state index in [0.29, 0.717) is 0 Å². The maximum atomic E-state index is 12.8. The molecule has 106 valence electrons. The Hall–Kier alpha value is -1.50. The molecule has 7 heteroatoms. The summed E-state index contributed by atoms with van der Waals surface area (Å²) in [5.41, 5.74) is -1.18. The van der Waals surface area contributed by atoms with Crippen molar-refractivity contribution < 1.29 is 23.4 Å². The van der Waals surface area contributed by atoms with Gasteiger partial charge >= 0.3 is 5.97 Å². The van der Waals surface area contributed by atoms with Crippen molar-refractivity contribution in [3.05, 3.63) is 23.4 Å². The molecule has 0 saturated heterocycles. The number of hydrogen-bond donors (Lipinski definition) is 1. The molecule has 1 unspecified atom stereocenters. The van der Waals surface area contributed by atoms with Gasteiger partial charge in [-0.25, -0.2) is 18.6 Å². The van der Waals surface area contributed by atoms with Crippen LogP contribution in [0.4, 0.5) is 8.78 Å². The van der Waals surface area contributed by atoms with Crippen molar-refractivity contribution in [2.24, 2.45) is 0 Å². The van der Waals surface area contributed by atoms with E-state index in [-0.39, 0.29) is 11.6 Å². The second-order valence-corrected chi connectivity index (χ2v) is 10.9. The number of hydrogen-bond acceptors (Lipinski definition) is 3. The molecule has 0 bridgehead atoms. The van der Waals surface area contributed by atoms with E-state index in [1.165, 1.54) is 0 Å². The molecule has 0 fully saturated rings. The van der Waals surface area contributed by atoms with Gasteiger partial charge in [-0.05, 0) is 6.92 Å². The minimum absolute atomic E-state index is 0.0372. The summed E-state index contributed by atoms with van der Waals surface area (Å²) in [7, 11) is -1.59. The van der Waals surface area contributed by atoms with Crippen LogP contribution in [0.2, 0.25) is 19.6 Å². The second kappa shape index (κ2) is 5.64. The fourth-order valence-corrected chi connectivity index (χ4v) is 1.71. The van der Waals surface area contributed by atoms with Crippen molar-refractivity contribution in [1.82, 2.24) is 4.98 Å². The maximum Gasteiger partial charge on any atom is 0.337 e. The second-order valence-electron chi connectivity index (χ2n) is 5.34. The summed E-state index contributed by atoms with van der Waals surface area (Å²) in [6, 6.07) is 1.00. The molecular formula is C12H17F2NO3Si. The molecule has 0 radical (unpaired) electrons. The van der Waals surface area contributed by atoms with Crippen LogP contribution >= 0.6 is 0 Å². The van der Waals surface area contributed by atoms with Crippen LogP contribution in [0.3, 0.4) is 0 Å². The molecule has 0 spiro atoms. The summed E-state index contributed by atoms with van der Waals surface area (Å²) in [6.07, 6.45) is -1.96. The Morgan fingerprint density at radius 2 is 2.00 bits per heavy atom. The van der Waals surface area contributed by atoms with E-state index in [9.17, 15) is 13.6 Å². The van der Waals surface area contributed by atoms with Crippen molar-refractivity contribution >= 4 is 14.0 Å². The highest BCUT2D eigenvalue weighted by molar-refractivity contribution is 6.77. The summed E-state index contributed by atoms with van der Waals surface area (Å²) in [4.78, 5) is 14.6. The number of pyridine rings is 1. The quantitative estimate of drug-likeness (QED) is 0.844. The lowest BCUT2D eigenvalue weighted by Gasteiger charge is -2.25. The van der Waals surface area contributed by atoms with E-state index in [4.69, 9.17) is 9.84 Å². The molecule has 0 aromatic carbocycles. The molecule has 1 aromatic rings. The number of nitrogens with zero attached hydrogens (tertiary/aromatic N) is 1. The first-order valence-electron chi connectivity index (χ1n) is 5.81. The first-order chi connectivity index (χ1) is 8.62. The third-order valence-corrected chi connectivity index (χ3v) is 5.45. The molecule has 0 aliphatic rings. The first kappa shape index (κ1) is 15.6. The number of carboxylic acids is 1. The van der Waals surface area contributed by atoms with Crippen LogP contribution in [-0.4, -0.2) is 29.9 Å². The number of carboxylic acid groups (broad SMARTS) is 1. The molecule has 0 amide bonds. The molecule has 1 aromatic heterocycles. The average molecular weight is 289 g/mol. The summed E-state index contributed by atoms with van der Waals surface area (Å²) in [5, 5.41) is 8.81. The highest BCUT2D eigenvalue weighted by Gasteiger charge is 2.26. The number of alkyl halides is 2. The van der Waals surface area contributed by atoms with Gasteiger partial charge in [-0.1, -0.05) is 19.6 Å². The van der Waals surface area contributed by atoms with Gasteiger partial charge in [0.2, 0.25) is 5.88 Å². The van der Waals surface area contributed by atoms with E-state index < -0.39 is 31.6 Å². The number of rotatable bonds is 5. The van der Waals surface area contributed by atoms with E-state index in [1.54, 1.807) is 0 Å². The fraction of sp³-hybridized carbons (Fsp3) is 0.500. The van der Waals surface area contributed by atoms with Crippen LogP contribution in [0.5, 0.6) is 5.88 Å². The van der Waals surface area contributed by atoms with Gasteiger partial charge in [0.25, 0.3) is 6.43 Å². The number of aromatic carboxylic acids is 1. The predicted octanol–water partition coefficient (Wildman–Crippen LogP) is 3.36. The van der Waals surface area contributed by atoms with E-state index in [1.807, 2.05) is 6.92 Å². The minimum Gasteiger partial charge on any atom is -0.479 e. The Labute approximate surface area is 111 Å². The van der Waals surface area contributed by atoms with Crippen LogP contribution in [-0.2, 0) is 0 Å². The Morgan fingerprint density at radius 1 is 1.42 bits per heavy atom. The van der Waals surface area contributed by atoms with E-state index in [2.05, 4.69) is 24.6 Å². The van der Waals surface area contributed by atoms with Gasteiger partial charge in [0, 0.05) is 17.8 Å². The third kappa shape index (κ3) is 3.98. The van der Waals surface area contributed by atoms with Gasteiger partial charge in [-0.2, -0.15) is 0 Å². The summed E-state index contributed by atoms with van der Waals surface area (Å²) >= 11 is 0. The van der Waals surface area contributed by atoms with Crippen LogP contribution in [0.1, 0.15) is 29.3 Å². The van der Waals surface area contributed by atoms with Crippen LogP contribution < -0.4 is 4.74 Å². The summed E-state index contributed by atoms with van der Waals surface area (Å²) in [6.45, 7) is 8.10. The van der Waals surface area contributed by atoms with Crippen molar-refractivity contribution in [1.29, 1.82) is 0 Å². The van der Waals surface area contributed by atoms with Crippen molar-refractivity contribution in [2.45, 2.75) is 38.7 Å². The van der Waals surface area contributed by atoms with E-state index in [0.717, 1.165) is 12.3 Å². The van der Waals surface area contributed by atoms with Crippen molar-refractivity contribution in [3.8, 4) is 5.88 Å². The molecule has 1 heterocycles. The number of carbonyl (C=O) groups is 1. The Balaban J connectivity index is 3.06. The number of halogens is 2. The van der Waals surface area contributed by atoms with Crippen molar-refractivity contribution in [3.63, 3.8) is 0 Å². The van der Waals surface area contributed by atoms with Crippen molar-refractivity contribution in [2.75, 3.05) is 0 Å². The molecule has 1 rings (SSSR count). The largest absolute Gasteiger partial charge is 0.479 e. The van der Waals surface area contributed by atoms with Gasteiger partial charge in [0.1, 0.15) is 0 Å². The lowest BCUT2D eigenvalue weighted by Crippen LogP contribution is -2.40. The summed E-state index contributed by atoms with van der Waals surface area (Å²) < 4.78 is 31.1. The van der Waals surface area contributed by atoms with Gasteiger partial charge in [0.15, 0.2) is 0 Å². The molecule has 4 nitrogen and oxygen atoms in total. The molecule has 0 aliphatic heterocycles.